The highest BCUT2D eigenvalue weighted by Crippen LogP contribution is 2.28. The molecule has 0 spiro atoms. The molecule has 0 fully saturated rings. The van der Waals surface area contributed by atoms with Gasteiger partial charge in [0.15, 0.2) is 6.61 Å². The minimum atomic E-state index is -0.118. The van der Waals surface area contributed by atoms with Gasteiger partial charge in [-0.05, 0) is 43.4 Å². The maximum absolute atomic E-state index is 11.1. The van der Waals surface area contributed by atoms with Crippen molar-refractivity contribution >= 4 is 17.7 Å². The molecular formula is C12H17NO2S. The van der Waals surface area contributed by atoms with Crippen LogP contribution in [-0.4, -0.2) is 25.8 Å². The summed E-state index contributed by atoms with van der Waals surface area (Å²) in [5.74, 6) is 0.689. The summed E-state index contributed by atoms with van der Waals surface area (Å²) in [6.07, 6.45) is 2.04. The van der Waals surface area contributed by atoms with Crippen LogP contribution < -0.4 is 10.1 Å². The van der Waals surface area contributed by atoms with Crippen molar-refractivity contribution in [1.82, 2.24) is 5.32 Å². The third-order valence-electron chi connectivity index (χ3n) is 2.30. The predicted octanol–water partition coefficient (Wildman–Crippen LogP) is 2.15. The first-order chi connectivity index (χ1) is 7.58. The number of thioether (sulfide) groups is 1. The van der Waals surface area contributed by atoms with Gasteiger partial charge in [-0.25, -0.2) is 0 Å². The minimum Gasteiger partial charge on any atom is -0.483 e. The quantitative estimate of drug-likeness (QED) is 0.818. The molecule has 0 aliphatic rings. The van der Waals surface area contributed by atoms with Gasteiger partial charge in [0.25, 0.3) is 5.91 Å². The molecule has 0 heterocycles. The lowest BCUT2D eigenvalue weighted by Gasteiger charge is -2.12. The average Bonchev–Trinajstić information content (AvgIpc) is 2.27. The zero-order chi connectivity index (χ0) is 12.1. The van der Waals surface area contributed by atoms with Crippen molar-refractivity contribution in [3.63, 3.8) is 0 Å². The number of amides is 1. The lowest BCUT2D eigenvalue weighted by atomic mass is 10.1. The van der Waals surface area contributed by atoms with E-state index in [1.807, 2.05) is 20.1 Å². The number of rotatable bonds is 4. The van der Waals surface area contributed by atoms with Crippen molar-refractivity contribution in [2.75, 3.05) is 19.9 Å². The zero-order valence-electron chi connectivity index (χ0n) is 10.1. The van der Waals surface area contributed by atoms with Gasteiger partial charge in [-0.1, -0.05) is 0 Å². The summed E-state index contributed by atoms with van der Waals surface area (Å²) in [6, 6.07) is 4.13. The molecule has 0 bridgehead atoms. The standard InChI is InChI=1S/C12H17NO2S/c1-8-5-10(16-4)6-9(2)12(8)15-7-11(14)13-3/h5-6H,7H2,1-4H3,(H,13,14). The second-order valence-electron chi connectivity index (χ2n) is 3.55. The molecule has 88 valence electrons. The monoisotopic (exact) mass is 239 g/mol. The Hall–Kier alpha value is -1.16. The molecule has 0 unspecified atom stereocenters. The van der Waals surface area contributed by atoms with E-state index >= 15 is 0 Å². The van der Waals surface area contributed by atoms with E-state index in [0.717, 1.165) is 16.9 Å². The molecule has 4 heteroatoms. The van der Waals surface area contributed by atoms with Gasteiger partial charge >= 0.3 is 0 Å². The van der Waals surface area contributed by atoms with E-state index in [1.165, 1.54) is 4.90 Å². The summed E-state index contributed by atoms with van der Waals surface area (Å²) < 4.78 is 5.50. The van der Waals surface area contributed by atoms with Crippen LogP contribution in [-0.2, 0) is 4.79 Å². The molecule has 1 aromatic rings. The largest absolute Gasteiger partial charge is 0.483 e. The number of ether oxygens (including phenoxy) is 1. The molecule has 0 aliphatic heterocycles. The highest BCUT2D eigenvalue weighted by molar-refractivity contribution is 7.98. The van der Waals surface area contributed by atoms with Crippen LogP contribution >= 0.6 is 11.8 Å². The van der Waals surface area contributed by atoms with Crippen LogP contribution in [0.15, 0.2) is 17.0 Å². The number of carbonyl (C=O) groups excluding carboxylic acids is 1. The highest BCUT2D eigenvalue weighted by Gasteiger charge is 2.07. The smallest absolute Gasteiger partial charge is 0.257 e. The lowest BCUT2D eigenvalue weighted by molar-refractivity contribution is -0.122. The summed E-state index contributed by atoms with van der Waals surface area (Å²) >= 11 is 1.70. The lowest BCUT2D eigenvalue weighted by Crippen LogP contribution is -2.25. The van der Waals surface area contributed by atoms with Crippen LogP contribution in [0.1, 0.15) is 11.1 Å². The van der Waals surface area contributed by atoms with Gasteiger partial charge in [-0.15, -0.1) is 11.8 Å². The van der Waals surface area contributed by atoms with Gasteiger partial charge in [0.2, 0.25) is 0 Å². The molecule has 0 radical (unpaired) electrons. The number of hydrogen-bond acceptors (Lipinski definition) is 3. The predicted molar refractivity (Wildman–Crippen MR) is 67.3 cm³/mol. The fourth-order valence-electron chi connectivity index (χ4n) is 1.47. The van der Waals surface area contributed by atoms with Crippen molar-refractivity contribution in [1.29, 1.82) is 0 Å². The van der Waals surface area contributed by atoms with E-state index in [1.54, 1.807) is 18.8 Å². The maximum Gasteiger partial charge on any atom is 0.257 e. The van der Waals surface area contributed by atoms with Gasteiger partial charge in [0, 0.05) is 11.9 Å². The zero-order valence-corrected chi connectivity index (χ0v) is 10.9. The molecule has 0 atom stereocenters. The Morgan fingerprint density at radius 3 is 2.38 bits per heavy atom. The first kappa shape index (κ1) is 12.9. The van der Waals surface area contributed by atoms with Gasteiger partial charge in [-0.3, -0.25) is 4.79 Å². The molecule has 1 rings (SSSR count). The minimum absolute atomic E-state index is 0.0663. The third kappa shape index (κ3) is 3.17. The van der Waals surface area contributed by atoms with Crippen LogP contribution in [0.25, 0.3) is 0 Å². The Morgan fingerprint density at radius 1 is 1.38 bits per heavy atom. The van der Waals surface area contributed by atoms with E-state index in [4.69, 9.17) is 4.74 Å². The number of likely N-dealkylation sites (N-methyl/N-ethyl adjacent to an activating group) is 1. The summed E-state index contributed by atoms with van der Waals surface area (Å²) in [4.78, 5) is 12.3. The van der Waals surface area contributed by atoms with Crippen LogP contribution in [0.3, 0.4) is 0 Å². The molecule has 16 heavy (non-hydrogen) atoms. The molecule has 0 saturated heterocycles. The molecule has 0 aliphatic carbocycles. The molecule has 1 N–H and O–H groups in total. The van der Waals surface area contributed by atoms with Gasteiger partial charge in [-0.2, -0.15) is 0 Å². The summed E-state index contributed by atoms with van der Waals surface area (Å²) in [6.45, 7) is 4.05. The van der Waals surface area contributed by atoms with E-state index < -0.39 is 0 Å². The normalized spacial score (nSPS) is 10.0. The molecule has 0 saturated carbocycles. The summed E-state index contributed by atoms with van der Waals surface area (Å²) in [5.41, 5.74) is 2.13. The Bertz CT molecular complexity index is 368. The second kappa shape index (κ2) is 5.80. The van der Waals surface area contributed by atoms with Crippen molar-refractivity contribution in [2.45, 2.75) is 18.7 Å². The first-order valence-electron chi connectivity index (χ1n) is 5.07. The topological polar surface area (TPSA) is 38.3 Å². The third-order valence-corrected chi connectivity index (χ3v) is 3.00. The molecule has 0 aromatic heterocycles. The number of hydrogen-bond donors (Lipinski definition) is 1. The molecule has 1 amide bonds. The Balaban J connectivity index is 2.84. The van der Waals surface area contributed by atoms with Crippen LogP contribution in [0.4, 0.5) is 0 Å². The Labute approximate surface area is 101 Å². The number of nitrogens with one attached hydrogen (secondary N) is 1. The van der Waals surface area contributed by atoms with Gasteiger partial charge in [0.05, 0.1) is 0 Å². The van der Waals surface area contributed by atoms with Crippen molar-refractivity contribution in [3.05, 3.63) is 23.3 Å². The second-order valence-corrected chi connectivity index (χ2v) is 4.43. The number of benzene rings is 1. The van der Waals surface area contributed by atoms with E-state index in [0.29, 0.717) is 0 Å². The first-order valence-corrected chi connectivity index (χ1v) is 6.29. The van der Waals surface area contributed by atoms with Gasteiger partial charge < -0.3 is 10.1 Å². The molecule has 3 nitrogen and oxygen atoms in total. The van der Waals surface area contributed by atoms with E-state index in [2.05, 4.69) is 17.4 Å². The fourth-order valence-corrected chi connectivity index (χ4v) is 2.06. The number of carbonyl (C=O) groups is 1. The Kier molecular flexibility index (Phi) is 4.68. The maximum atomic E-state index is 11.1. The molecular weight excluding hydrogens is 222 g/mol. The van der Waals surface area contributed by atoms with E-state index in [-0.39, 0.29) is 12.5 Å². The van der Waals surface area contributed by atoms with Crippen LogP contribution in [0.5, 0.6) is 5.75 Å². The van der Waals surface area contributed by atoms with E-state index in [9.17, 15) is 4.79 Å². The summed E-state index contributed by atoms with van der Waals surface area (Å²) in [7, 11) is 1.60. The van der Waals surface area contributed by atoms with Crippen molar-refractivity contribution in [3.8, 4) is 5.75 Å². The SMILES string of the molecule is CNC(=O)COc1c(C)cc(SC)cc1C. The molecule has 1 aromatic carbocycles. The van der Waals surface area contributed by atoms with Crippen molar-refractivity contribution in [2.24, 2.45) is 0 Å². The Morgan fingerprint density at radius 2 is 1.94 bits per heavy atom. The average molecular weight is 239 g/mol. The van der Waals surface area contributed by atoms with Crippen molar-refractivity contribution < 1.29 is 9.53 Å². The van der Waals surface area contributed by atoms with Gasteiger partial charge in [0.1, 0.15) is 5.75 Å². The number of aryl methyl sites for hydroxylation is 2. The highest BCUT2D eigenvalue weighted by atomic mass is 32.2. The van der Waals surface area contributed by atoms with Crippen LogP contribution in [0.2, 0.25) is 0 Å². The fraction of sp³-hybridized carbons (Fsp3) is 0.417. The summed E-state index contributed by atoms with van der Waals surface area (Å²) in [5, 5.41) is 2.53. The van der Waals surface area contributed by atoms with Crippen LogP contribution in [0, 0.1) is 13.8 Å².